The fourth-order valence-corrected chi connectivity index (χ4v) is 3.43. The van der Waals surface area contributed by atoms with E-state index in [4.69, 9.17) is 9.72 Å². The Kier molecular flexibility index (Phi) is 5.15. The van der Waals surface area contributed by atoms with Crippen LogP contribution in [0.5, 0.6) is 0 Å². The molecule has 8 heteroatoms. The predicted octanol–water partition coefficient (Wildman–Crippen LogP) is 2.39. The summed E-state index contributed by atoms with van der Waals surface area (Å²) >= 11 is 0. The van der Waals surface area contributed by atoms with Gasteiger partial charge in [0.1, 0.15) is 6.10 Å². The summed E-state index contributed by atoms with van der Waals surface area (Å²) in [7, 11) is 0. The molecule has 2 saturated heterocycles. The quantitative estimate of drug-likeness (QED) is 0.896. The number of aromatic nitrogens is 3. The molecule has 0 bridgehead atoms. The van der Waals surface area contributed by atoms with Crippen LogP contribution in [0.15, 0.2) is 30.7 Å². The van der Waals surface area contributed by atoms with E-state index >= 15 is 0 Å². The lowest BCUT2D eigenvalue weighted by Crippen LogP contribution is -2.44. The molecule has 27 heavy (non-hydrogen) atoms. The molecule has 2 fully saturated rings. The number of nitrogens with one attached hydrogen (secondary N) is 1. The van der Waals surface area contributed by atoms with E-state index in [0.29, 0.717) is 19.7 Å². The van der Waals surface area contributed by atoms with E-state index in [1.165, 1.54) is 12.8 Å². The van der Waals surface area contributed by atoms with Crippen LogP contribution in [0.4, 0.5) is 16.4 Å². The van der Waals surface area contributed by atoms with Gasteiger partial charge in [-0.2, -0.15) is 0 Å². The summed E-state index contributed by atoms with van der Waals surface area (Å²) in [6.07, 6.45) is 7.29. The first kappa shape index (κ1) is 17.7. The van der Waals surface area contributed by atoms with Gasteiger partial charge in [-0.15, -0.1) is 0 Å². The highest BCUT2D eigenvalue weighted by Crippen LogP contribution is 2.24. The number of hydrogen-bond donors (Lipinski definition) is 1. The Balaban J connectivity index is 1.44. The van der Waals surface area contributed by atoms with Gasteiger partial charge in [0.25, 0.3) is 0 Å². The van der Waals surface area contributed by atoms with E-state index in [9.17, 15) is 4.79 Å². The first-order valence-electron chi connectivity index (χ1n) is 9.37. The highest BCUT2D eigenvalue weighted by molar-refractivity contribution is 5.90. The molecule has 2 aliphatic rings. The molecule has 0 aliphatic carbocycles. The molecule has 0 unspecified atom stereocenters. The number of carbonyl (C=O) groups is 1. The van der Waals surface area contributed by atoms with Crippen LogP contribution in [0.2, 0.25) is 0 Å². The maximum absolute atomic E-state index is 12.7. The maximum atomic E-state index is 12.7. The van der Waals surface area contributed by atoms with Crippen LogP contribution in [0.3, 0.4) is 0 Å². The van der Waals surface area contributed by atoms with Gasteiger partial charge in [0.15, 0.2) is 0 Å². The van der Waals surface area contributed by atoms with Gasteiger partial charge in [-0.3, -0.25) is 4.98 Å². The first-order chi connectivity index (χ1) is 13.2. The average Bonchev–Trinajstić information content (AvgIpc) is 3.25. The van der Waals surface area contributed by atoms with Crippen molar-refractivity contribution >= 4 is 17.7 Å². The van der Waals surface area contributed by atoms with Gasteiger partial charge in [0, 0.05) is 43.9 Å². The summed E-state index contributed by atoms with van der Waals surface area (Å²) < 4.78 is 5.90. The van der Waals surface area contributed by atoms with Crippen molar-refractivity contribution in [2.45, 2.75) is 25.9 Å². The molecule has 0 aromatic carbocycles. The minimum absolute atomic E-state index is 0.133. The number of rotatable bonds is 3. The Bertz CT molecular complexity index is 808. The summed E-state index contributed by atoms with van der Waals surface area (Å²) in [5.41, 5.74) is 2.53. The van der Waals surface area contributed by atoms with Gasteiger partial charge in [-0.05, 0) is 37.5 Å². The number of anilines is 2. The number of amides is 2. The fraction of sp³-hybridized carbons (Fsp3) is 0.474. The van der Waals surface area contributed by atoms with Crippen LogP contribution in [0, 0.1) is 6.92 Å². The Morgan fingerprint density at radius 1 is 1.22 bits per heavy atom. The first-order valence-corrected chi connectivity index (χ1v) is 9.37. The summed E-state index contributed by atoms with van der Waals surface area (Å²) in [6, 6.07) is 3.54. The van der Waals surface area contributed by atoms with Gasteiger partial charge in [-0.25, -0.2) is 14.8 Å². The monoisotopic (exact) mass is 368 g/mol. The van der Waals surface area contributed by atoms with Crippen molar-refractivity contribution in [2.24, 2.45) is 0 Å². The predicted molar refractivity (Wildman–Crippen MR) is 102 cm³/mol. The molecule has 2 aliphatic heterocycles. The molecule has 1 N–H and O–H groups in total. The zero-order chi connectivity index (χ0) is 18.6. The molecule has 2 aromatic rings. The number of ether oxygens (including phenoxy) is 1. The van der Waals surface area contributed by atoms with Crippen molar-refractivity contribution in [1.29, 1.82) is 0 Å². The smallest absolute Gasteiger partial charge is 0.322 e. The van der Waals surface area contributed by atoms with Crippen LogP contribution in [-0.2, 0) is 4.74 Å². The molecule has 0 radical (unpaired) electrons. The number of carbonyl (C=O) groups excluding carboxylic acids is 1. The maximum Gasteiger partial charge on any atom is 0.322 e. The van der Waals surface area contributed by atoms with Gasteiger partial charge in [0.05, 0.1) is 18.8 Å². The molecule has 8 nitrogen and oxygen atoms in total. The molecule has 0 saturated carbocycles. The standard InChI is InChI=1S/C19H24N6O2/c1-14-12-20-6-4-15(14)23-19(26)25-10-11-27-17(13-25)16-5-7-21-18(22-16)24-8-2-3-9-24/h4-7,12,17H,2-3,8-11,13H2,1H3,(H,20,23,26)/t17-/m1/s1. The Morgan fingerprint density at radius 3 is 2.89 bits per heavy atom. The molecule has 142 valence electrons. The third-order valence-corrected chi connectivity index (χ3v) is 5.00. The fourth-order valence-electron chi connectivity index (χ4n) is 3.43. The molecule has 2 aromatic heterocycles. The van der Waals surface area contributed by atoms with Crippen LogP contribution < -0.4 is 10.2 Å². The summed E-state index contributed by atoms with van der Waals surface area (Å²) in [6.45, 7) is 5.41. The Labute approximate surface area is 158 Å². The molecular formula is C19H24N6O2. The van der Waals surface area contributed by atoms with E-state index in [-0.39, 0.29) is 12.1 Å². The molecule has 4 rings (SSSR count). The second kappa shape index (κ2) is 7.87. The van der Waals surface area contributed by atoms with Crippen LogP contribution in [0.25, 0.3) is 0 Å². The van der Waals surface area contributed by atoms with Crippen molar-refractivity contribution in [1.82, 2.24) is 19.9 Å². The van der Waals surface area contributed by atoms with Gasteiger partial charge in [-0.1, -0.05) is 0 Å². The third-order valence-electron chi connectivity index (χ3n) is 5.00. The van der Waals surface area contributed by atoms with E-state index in [2.05, 4.69) is 20.2 Å². The Morgan fingerprint density at radius 2 is 2.07 bits per heavy atom. The third kappa shape index (κ3) is 4.00. The second-order valence-corrected chi connectivity index (χ2v) is 6.90. The summed E-state index contributed by atoms with van der Waals surface area (Å²) in [5, 5.41) is 2.96. The average molecular weight is 368 g/mol. The largest absolute Gasteiger partial charge is 0.368 e. The van der Waals surface area contributed by atoms with Crippen LogP contribution >= 0.6 is 0 Å². The lowest BCUT2D eigenvalue weighted by molar-refractivity contribution is -0.0157. The molecule has 4 heterocycles. The van der Waals surface area contributed by atoms with E-state index in [0.717, 1.165) is 36.0 Å². The zero-order valence-corrected chi connectivity index (χ0v) is 15.5. The molecule has 2 amide bonds. The highest BCUT2D eigenvalue weighted by atomic mass is 16.5. The Hall–Kier alpha value is -2.74. The van der Waals surface area contributed by atoms with Gasteiger partial charge >= 0.3 is 6.03 Å². The van der Waals surface area contributed by atoms with Crippen LogP contribution in [-0.4, -0.2) is 58.7 Å². The normalized spacial score (nSPS) is 20.0. The summed E-state index contributed by atoms with van der Waals surface area (Å²) in [5.74, 6) is 0.752. The topological polar surface area (TPSA) is 83.5 Å². The minimum atomic E-state index is -0.243. The van der Waals surface area contributed by atoms with Gasteiger partial charge < -0.3 is 19.9 Å². The van der Waals surface area contributed by atoms with E-state index in [1.807, 2.05) is 13.0 Å². The lowest BCUT2D eigenvalue weighted by atomic mass is 10.2. The number of aryl methyl sites for hydroxylation is 1. The van der Waals surface area contributed by atoms with E-state index < -0.39 is 0 Å². The lowest BCUT2D eigenvalue weighted by Gasteiger charge is -2.33. The second-order valence-electron chi connectivity index (χ2n) is 6.90. The van der Waals surface area contributed by atoms with Crippen molar-refractivity contribution in [3.8, 4) is 0 Å². The number of hydrogen-bond acceptors (Lipinski definition) is 6. The van der Waals surface area contributed by atoms with Crippen molar-refractivity contribution in [2.75, 3.05) is 43.0 Å². The highest BCUT2D eigenvalue weighted by Gasteiger charge is 2.27. The van der Waals surface area contributed by atoms with Crippen molar-refractivity contribution in [3.63, 3.8) is 0 Å². The number of morpholine rings is 1. The van der Waals surface area contributed by atoms with E-state index in [1.54, 1.807) is 29.6 Å². The molecule has 1 atom stereocenters. The molecular weight excluding hydrogens is 344 g/mol. The van der Waals surface area contributed by atoms with Crippen molar-refractivity contribution < 1.29 is 9.53 Å². The zero-order valence-electron chi connectivity index (χ0n) is 15.5. The summed E-state index contributed by atoms with van der Waals surface area (Å²) in [4.78, 5) is 29.8. The van der Waals surface area contributed by atoms with Crippen molar-refractivity contribution in [3.05, 3.63) is 42.0 Å². The molecule has 0 spiro atoms. The number of pyridine rings is 1. The number of urea groups is 1. The SMILES string of the molecule is Cc1cnccc1NC(=O)N1CCO[C@@H](c2ccnc(N3CCCC3)n2)C1. The van der Waals surface area contributed by atoms with Gasteiger partial charge in [0.2, 0.25) is 5.95 Å². The minimum Gasteiger partial charge on any atom is -0.368 e. The number of nitrogens with zero attached hydrogens (tertiary/aromatic N) is 5. The van der Waals surface area contributed by atoms with Crippen LogP contribution in [0.1, 0.15) is 30.2 Å².